The van der Waals surface area contributed by atoms with Crippen LogP contribution in [0, 0.1) is 11.3 Å². The molecule has 1 aliphatic heterocycles. The number of amides is 1. The van der Waals surface area contributed by atoms with Gasteiger partial charge >= 0.3 is 0 Å². The number of nitrogens with one attached hydrogen (secondary N) is 1. The summed E-state index contributed by atoms with van der Waals surface area (Å²) in [6.07, 6.45) is 8.61. The van der Waals surface area contributed by atoms with Gasteiger partial charge in [-0.1, -0.05) is 6.07 Å². The van der Waals surface area contributed by atoms with Gasteiger partial charge in [-0.3, -0.25) is 4.79 Å². The minimum Gasteiger partial charge on any atom is -0.493 e. The Morgan fingerprint density at radius 2 is 2.07 bits per heavy atom. The molecule has 0 aliphatic carbocycles. The third-order valence-corrected chi connectivity index (χ3v) is 4.63. The number of hydrogen-bond donors (Lipinski definition) is 1. The van der Waals surface area contributed by atoms with Crippen LogP contribution in [0.1, 0.15) is 24.8 Å². The zero-order valence-corrected chi connectivity index (χ0v) is 16.4. The molecular weight excluding hydrogens is 368 g/mol. The Morgan fingerprint density at radius 1 is 1.24 bits per heavy atom. The number of nitrogens with zero attached hydrogens (tertiary/aromatic N) is 3. The van der Waals surface area contributed by atoms with Gasteiger partial charge in [0, 0.05) is 19.2 Å². The average Bonchev–Trinajstić information content (AvgIpc) is 2.77. The molecular formula is C22H24N4O3. The van der Waals surface area contributed by atoms with Crippen molar-refractivity contribution >= 4 is 23.5 Å². The summed E-state index contributed by atoms with van der Waals surface area (Å²) in [5.74, 6) is 1.22. The van der Waals surface area contributed by atoms with E-state index in [0.717, 1.165) is 24.3 Å². The van der Waals surface area contributed by atoms with Crippen molar-refractivity contribution in [1.29, 1.82) is 5.26 Å². The number of pyridine rings is 1. The monoisotopic (exact) mass is 392 g/mol. The van der Waals surface area contributed by atoms with Gasteiger partial charge in [0.1, 0.15) is 11.9 Å². The van der Waals surface area contributed by atoms with Gasteiger partial charge in [0.15, 0.2) is 18.1 Å². The van der Waals surface area contributed by atoms with Crippen molar-refractivity contribution in [3.05, 3.63) is 48.2 Å². The summed E-state index contributed by atoms with van der Waals surface area (Å²) in [6, 6.07) is 10.9. The molecule has 1 saturated heterocycles. The van der Waals surface area contributed by atoms with Crippen molar-refractivity contribution in [1.82, 2.24) is 4.98 Å². The molecule has 7 nitrogen and oxygen atoms in total. The van der Waals surface area contributed by atoms with Crippen LogP contribution in [0.15, 0.2) is 42.6 Å². The lowest BCUT2D eigenvalue weighted by molar-refractivity contribution is -0.111. The highest BCUT2D eigenvalue weighted by Gasteiger charge is 2.11. The zero-order valence-electron chi connectivity index (χ0n) is 16.4. The van der Waals surface area contributed by atoms with Gasteiger partial charge in [-0.15, -0.1) is 0 Å². The van der Waals surface area contributed by atoms with Crippen molar-refractivity contribution in [2.75, 3.05) is 37.0 Å². The summed E-state index contributed by atoms with van der Waals surface area (Å²) < 4.78 is 10.6. The minimum absolute atomic E-state index is 0.0580. The number of rotatable bonds is 7. The largest absolute Gasteiger partial charge is 0.493 e. The fourth-order valence-electron chi connectivity index (χ4n) is 3.16. The second-order valence-corrected chi connectivity index (χ2v) is 6.63. The normalized spacial score (nSPS) is 13.7. The van der Waals surface area contributed by atoms with E-state index in [1.165, 1.54) is 32.4 Å². The molecule has 1 aliphatic rings. The Hall–Kier alpha value is -3.53. The van der Waals surface area contributed by atoms with Gasteiger partial charge in [0.05, 0.1) is 19.0 Å². The molecule has 0 spiro atoms. The number of anilines is 2. The summed E-state index contributed by atoms with van der Waals surface area (Å²) in [4.78, 5) is 18.9. The van der Waals surface area contributed by atoms with Gasteiger partial charge < -0.3 is 19.7 Å². The Morgan fingerprint density at radius 3 is 2.76 bits per heavy atom. The van der Waals surface area contributed by atoms with E-state index in [0.29, 0.717) is 17.3 Å². The molecule has 1 amide bonds. The Balaban J connectivity index is 1.58. The van der Waals surface area contributed by atoms with Crippen molar-refractivity contribution in [2.45, 2.75) is 19.3 Å². The summed E-state index contributed by atoms with van der Waals surface area (Å²) >= 11 is 0. The summed E-state index contributed by atoms with van der Waals surface area (Å²) in [5.41, 5.74) is 1.86. The van der Waals surface area contributed by atoms with E-state index >= 15 is 0 Å². The maximum Gasteiger partial charge on any atom is 0.249 e. The second kappa shape index (κ2) is 10.1. The molecule has 0 saturated carbocycles. The smallest absolute Gasteiger partial charge is 0.249 e. The number of benzene rings is 1. The van der Waals surface area contributed by atoms with E-state index in [4.69, 9.17) is 14.7 Å². The van der Waals surface area contributed by atoms with Crippen LogP contribution in [0.25, 0.3) is 6.08 Å². The van der Waals surface area contributed by atoms with Crippen LogP contribution in [0.3, 0.4) is 0 Å². The van der Waals surface area contributed by atoms with Gasteiger partial charge in [-0.2, -0.15) is 5.26 Å². The lowest BCUT2D eigenvalue weighted by atomic mass is 10.1. The van der Waals surface area contributed by atoms with Gasteiger partial charge in [-0.05, 0) is 55.2 Å². The predicted molar refractivity (Wildman–Crippen MR) is 112 cm³/mol. The SMILES string of the molecule is COc1cc(C=CC(=O)Nc2ccc(N3CCCCC3)cn2)ccc1OCC#N. The summed E-state index contributed by atoms with van der Waals surface area (Å²) in [7, 11) is 1.52. The third-order valence-electron chi connectivity index (χ3n) is 4.63. The maximum atomic E-state index is 12.2. The molecule has 3 rings (SSSR count). The highest BCUT2D eigenvalue weighted by Crippen LogP contribution is 2.28. The molecule has 7 heteroatoms. The summed E-state index contributed by atoms with van der Waals surface area (Å²) in [5, 5.41) is 11.4. The molecule has 0 atom stereocenters. The minimum atomic E-state index is -0.271. The van der Waals surface area contributed by atoms with E-state index < -0.39 is 0 Å². The number of aromatic nitrogens is 1. The lowest BCUT2D eigenvalue weighted by Crippen LogP contribution is -2.29. The van der Waals surface area contributed by atoms with Crippen molar-refractivity contribution in [3.63, 3.8) is 0 Å². The maximum absolute atomic E-state index is 12.2. The molecule has 1 aromatic heterocycles. The van der Waals surface area contributed by atoms with Gasteiger partial charge in [0.25, 0.3) is 0 Å². The quantitative estimate of drug-likeness (QED) is 0.724. The van der Waals surface area contributed by atoms with Crippen LogP contribution < -0.4 is 19.7 Å². The highest BCUT2D eigenvalue weighted by molar-refractivity contribution is 6.01. The number of nitriles is 1. The second-order valence-electron chi connectivity index (χ2n) is 6.63. The van der Waals surface area contributed by atoms with Crippen LogP contribution in [0.2, 0.25) is 0 Å². The predicted octanol–water partition coefficient (Wildman–Crippen LogP) is 3.63. The molecule has 0 bridgehead atoms. The number of carbonyl (C=O) groups is 1. The first-order chi connectivity index (χ1) is 14.2. The first kappa shape index (κ1) is 20.2. The average molecular weight is 392 g/mol. The van der Waals surface area contributed by atoms with Crippen molar-refractivity contribution in [3.8, 4) is 17.6 Å². The molecule has 29 heavy (non-hydrogen) atoms. The third kappa shape index (κ3) is 5.72. The van der Waals surface area contributed by atoms with Crippen molar-refractivity contribution < 1.29 is 14.3 Å². The Bertz CT molecular complexity index is 897. The Labute approximate surface area is 170 Å². The zero-order chi connectivity index (χ0) is 20.5. The lowest BCUT2D eigenvalue weighted by Gasteiger charge is -2.28. The molecule has 150 valence electrons. The first-order valence-corrected chi connectivity index (χ1v) is 9.57. The van der Waals surface area contributed by atoms with E-state index in [1.54, 1.807) is 30.5 Å². The van der Waals surface area contributed by atoms with E-state index in [1.807, 2.05) is 18.2 Å². The first-order valence-electron chi connectivity index (χ1n) is 9.57. The molecule has 2 heterocycles. The van der Waals surface area contributed by atoms with Gasteiger partial charge in [0.2, 0.25) is 5.91 Å². The van der Waals surface area contributed by atoms with Crippen LogP contribution in [0.5, 0.6) is 11.5 Å². The van der Waals surface area contributed by atoms with Gasteiger partial charge in [-0.25, -0.2) is 4.98 Å². The summed E-state index contributed by atoms with van der Waals surface area (Å²) in [6.45, 7) is 2.05. The molecule has 1 aromatic carbocycles. The number of ether oxygens (including phenoxy) is 2. The van der Waals surface area contributed by atoms with E-state index in [9.17, 15) is 4.79 Å². The number of carbonyl (C=O) groups excluding carboxylic acids is 1. The topological polar surface area (TPSA) is 87.5 Å². The number of piperidine rings is 1. The fraction of sp³-hybridized carbons (Fsp3) is 0.318. The van der Waals surface area contributed by atoms with Crippen LogP contribution in [-0.2, 0) is 4.79 Å². The van der Waals surface area contributed by atoms with Crippen LogP contribution in [0.4, 0.5) is 11.5 Å². The van der Waals surface area contributed by atoms with Crippen molar-refractivity contribution in [2.24, 2.45) is 0 Å². The molecule has 0 unspecified atom stereocenters. The molecule has 2 aromatic rings. The standard InChI is InChI=1S/C22H24N4O3/c1-28-20-15-17(5-8-19(20)29-14-11-23)6-10-22(27)25-21-9-7-18(16-24-21)26-12-3-2-4-13-26/h5-10,15-16H,2-4,12-14H2,1H3,(H,24,25,27). The van der Waals surface area contributed by atoms with E-state index in [-0.39, 0.29) is 12.5 Å². The number of hydrogen-bond acceptors (Lipinski definition) is 6. The fourth-order valence-corrected chi connectivity index (χ4v) is 3.16. The van der Waals surface area contributed by atoms with Crippen LogP contribution >= 0.6 is 0 Å². The molecule has 1 N–H and O–H groups in total. The van der Waals surface area contributed by atoms with Crippen LogP contribution in [-0.4, -0.2) is 37.7 Å². The highest BCUT2D eigenvalue weighted by atomic mass is 16.5. The Kier molecular flexibility index (Phi) is 7.06. The molecule has 1 fully saturated rings. The molecule has 0 radical (unpaired) electrons. The number of methoxy groups -OCH3 is 1. The van der Waals surface area contributed by atoms with E-state index in [2.05, 4.69) is 15.2 Å².